The first-order valence-corrected chi connectivity index (χ1v) is 9.14. The number of hydrogen-bond acceptors (Lipinski definition) is 3. The summed E-state index contributed by atoms with van der Waals surface area (Å²) in [5.41, 5.74) is 4.43. The van der Waals surface area contributed by atoms with E-state index in [1.165, 1.54) is 28.8 Å². The molecule has 0 aliphatic carbocycles. The molecule has 2 rings (SSSR count). The second kappa shape index (κ2) is 12.2. The number of rotatable bonds is 7. The maximum absolute atomic E-state index is 12.0. The van der Waals surface area contributed by atoms with Gasteiger partial charge in [-0.25, -0.2) is 4.99 Å². The van der Waals surface area contributed by atoms with E-state index in [4.69, 9.17) is 0 Å². The van der Waals surface area contributed by atoms with E-state index in [1.54, 1.807) is 12.1 Å². The zero-order valence-electron chi connectivity index (χ0n) is 16.6. The van der Waals surface area contributed by atoms with Crippen molar-refractivity contribution in [2.45, 2.75) is 27.2 Å². The number of phenols is 1. The Morgan fingerprint density at radius 3 is 2.29 bits per heavy atom. The van der Waals surface area contributed by atoms with Crippen LogP contribution in [0.4, 0.5) is 5.69 Å². The van der Waals surface area contributed by atoms with Gasteiger partial charge in [-0.2, -0.15) is 0 Å². The summed E-state index contributed by atoms with van der Waals surface area (Å²) in [6.07, 6.45) is 0.882. The zero-order chi connectivity index (χ0) is 19.6. The molecule has 0 aromatic heterocycles. The van der Waals surface area contributed by atoms with E-state index in [0.717, 1.165) is 19.5 Å². The van der Waals surface area contributed by atoms with E-state index < -0.39 is 0 Å². The van der Waals surface area contributed by atoms with Gasteiger partial charge < -0.3 is 21.1 Å². The average Bonchev–Trinajstić information content (AvgIpc) is 2.61. The van der Waals surface area contributed by atoms with Crippen molar-refractivity contribution in [1.29, 1.82) is 0 Å². The number of phenolic OH excluding ortho intramolecular Hbond substituents is 1. The number of hydrogen-bond donors (Lipinski definition) is 4. The fourth-order valence-corrected chi connectivity index (χ4v) is 2.78. The highest BCUT2D eigenvalue weighted by Gasteiger charge is 2.04. The predicted molar refractivity (Wildman–Crippen MR) is 126 cm³/mol. The van der Waals surface area contributed by atoms with Gasteiger partial charge in [0.05, 0.1) is 0 Å². The number of aromatic hydroxyl groups is 1. The quantitative estimate of drug-likeness (QED) is 0.205. The van der Waals surface area contributed by atoms with Gasteiger partial charge in [-0.1, -0.05) is 29.3 Å². The number of halogens is 1. The minimum Gasteiger partial charge on any atom is -0.508 e. The van der Waals surface area contributed by atoms with Crippen LogP contribution >= 0.6 is 24.0 Å². The van der Waals surface area contributed by atoms with Crippen molar-refractivity contribution in [3.63, 3.8) is 0 Å². The first kappa shape index (κ1) is 23.7. The van der Waals surface area contributed by atoms with Crippen LogP contribution in [0.5, 0.6) is 5.75 Å². The topological polar surface area (TPSA) is 85.8 Å². The van der Waals surface area contributed by atoms with Gasteiger partial charge in [-0.15, -0.1) is 24.0 Å². The molecule has 0 unspecified atom stereocenters. The van der Waals surface area contributed by atoms with E-state index in [9.17, 15) is 9.90 Å². The molecule has 0 bridgehead atoms. The Bertz CT molecular complexity index is 771. The third kappa shape index (κ3) is 8.60. The molecule has 2 aromatic carbocycles. The number of carbonyl (C=O) groups is 1. The van der Waals surface area contributed by atoms with Crippen LogP contribution in [-0.4, -0.2) is 36.6 Å². The highest BCUT2D eigenvalue weighted by molar-refractivity contribution is 14.0. The summed E-state index contributed by atoms with van der Waals surface area (Å²) in [7, 11) is 0. The second-order valence-electron chi connectivity index (χ2n) is 6.46. The third-order valence-corrected chi connectivity index (χ3v) is 3.86. The van der Waals surface area contributed by atoms with Gasteiger partial charge in [0, 0.05) is 18.8 Å². The maximum atomic E-state index is 12.0. The van der Waals surface area contributed by atoms with Crippen molar-refractivity contribution in [2.75, 3.05) is 25.0 Å². The van der Waals surface area contributed by atoms with Crippen LogP contribution in [0, 0.1) is 13.8 Å². The molecule has 152 valence electrons. The van der Waals surface area contributed by atoms with Crippen molar-refractivity contribution >= 4 is 41.5 Å². The van der Waals surface area contributed by atoms with Crippen molar-refractivity contribution < 1.29 is 9.90 Å². The standard InChI is InChI=1S/C21H28N4O2.HI/c1-4-22-21(23-10-9-17-12-15(2)11-16(3)13-17)24-14-20(27)25-18-5-7-19(26)8-6-18;/h5-8,11-13,26H,4,9-10,14H2,1-3H3,(H,25,27)(H2,22,23,24);1H. The number of nitrogens with one attached hydrogen (secondary N) is 3. The molecule has 0 fully saturated rings. The minimum atomic E-state index is -0.216. The Morgan fingerprint density at radius 1 is 1.04 bits per heavy atom. The fourth-order valence-electron chi connectivity index (χ4n) is 2.78. The minimum absolute atomic E-state index is 0. The molecular formula is C21H29IN4O2. The van der Waals surface area contributed by atoms with Crippen LogP contribution in [0.2, 0.25) is 0 Å². The SMILES string of the molecule is CCNC(=NCC(=O)Nc1ccc(O)cc1)NCCc1cc(C)cc(C)c1.I. The Labute approximate surface area is 183 Å². The molecule has 2 aromatic rings. The summed E-state index contributed by atoms with van der Waals surface area (Å²) < 4.78 is 0. The smallest absolute Gasteiger partial charge is 0.246 e. The van der Waals surface area contributed by atoms with Gasteiger partial charge in [0.1, 0.15) is 12.3 Å². The third-order valence-electron chi connectivity index (χ3n) is 3.86. The lowest BCUT2D eigenvalue weighted by Crippen LogP contribution is -2.39. The van der Waals surface area contributed by atoms with Gasteiger partial charge in [0.15, 0.2) is 5.96 Å². The fraction of sp³-hybridized carbons (Fsp3) is 0.333. The lowest BCUT2D eigenvalue weighted by Gasteiger charge is -2.12. The highest BCUT2D eigenvalue weighted by atomic mass is 127. The van der Waals surface area contributed by atoms with Crippen LogP contribution < -0.4 is 16.0 Å². The molecule has 0 radical (unpaired) electrons. The van der Waals surface area contributed by atoms with Gasteiger partial charge in [-0.05, 0) is 57.0 Å². The van der Waals surface area contributed by atoms with Gasteiger partial charge in [0.2, 0.25) is 5.91 Å². The monoisotopic (exact) mass is 496 g/mol. The van der Waals surface area contributed by atoms with Crippen molar-refractivity contribution in [2.24, 2.45) is 4.99 Å². The van der Waals surface area contributed by atoms with Gasteiger partial charge >= 0.3 is 0 Å². The van der Waals surface area contributed by atoms with Gasteiger partial charge in [0.25, 0.3) is 0 Å². The Hall–Kier alpha value is -2.29. The number of guanidine groups is 1. The summed E-state index contributed by atoms with van der Waals surface area (Å²) in [5.74, 6) is 0.559. The van der Waals surface area contributed by atoms with Crippen molar-refractivity contribution in [3.05, 3.63) is 59.2 Å². The second-order valence-corrected chi connectivity index (χ2v) is 6.46. The number of benzene rings is 2. The van der Waals surface area contributed by atoms with E-state index in [-0.39, 0.29) is 42.2 Å². The number of carbonyl (C=O) groups excluding carboxylic acids is 1. The Morgan fingerprint density at radius 2 is 1.68 bits per heavy atom. The largest absolute Gasteiger partial charge is 0.508 e. The number of anilines is 1. The average molecular weight is 496 g/mol. The summed E-state index contributed by atoms with van der Waals surface area (Å²) >= 11 is 0. The molecule has 0 aliphatic rings. The van der Waals surface area contributed by atoms with Crippen LogP contribution in [0.1, 0.15) is 23.6 Å². The van der Waals surface area contributed by atoms with Gasteiger partial charge in [-0.3, -0.25) is 4.79 Å². The summed E-state index contributed by atoms with van der Waals surface area (Å²) in [4.78, 5) is 16.4. The first-order valence-electron chi connectivity index (χ1n) is 9.14. The highest BCUT2D eigenvalue weighted by Crippen LogP contribution is 2.13. The van der Waals surface area contributed by atoms with Crippen LogP contribution in [0.15, 0.2) is 47.5 Å². The molecule has 6 nitrogen and oxygen atoms in total. The number of aryl methyl sites for hydroxylation is 2. The molecule has 0 atom stereocenters. The van der Waals surface area contributed by atoms with Crippen molar-refractivity contribution in [1.82, 2.24) is 10.6 Å². The lowest BCUT2D eigenvalue weighted by atomic mass is 10.1. The lowest BCUT2D eigenvalue weighted by molar-refractivity contribution is -0.114. The van der Waals surface area contributed by atoms with Crippen molar-refractivity contribution in [3.8, 4) is 5.75 Å². The van der Waals surface area contributed by atoms with E-state index in [2.05, 4.69) is 53.0 Å². The molecule has 7 heteroatoms. The molecule has 28 heavy (non-hydrogen) atoms. The van der Waals surface area contributed by atoms with Crippen LogP contribution in [0.25, 0.3) is 0 Å². The van der Waals surface area contributed by atoms with E-state index >= 15 is 0 Å². The van der Waals surface area contributed by atoms with Crippen LogP contribution in [0.3, 0.4) is 0 Å². The molecule has 0 spiro atoms. The number of aliphatic imine (C=N–C) groups is 1. The molecule has 4 N–H and O–H groups in total. The molecule has 1 amide bonds. The summed E-state index contributed by atoms with van der Waals surface area (Å²) in [6.45, 7) is 7.64. The Kier molecular flexibility index (Phi) is 10.4. The van der Waals surface area contributed by atoms with E-state index in [1.807, 2.05) is 6.92 Å². The Balaban J connectivity index is 0.00000392. The number of nitrogens with zero attached hydrogens (tertiary/aromatic N) is 1. The molecule has 0 aliphatic heterocycles. The molecule has 0 heterocycles. The normalized spacial score (nSPS) is 10.8. The molecule has 0 saturated carbocycles. The van der Waals surface area contributed by atoms with Crippen LogP contribution in [-0.2, 0) is 11.2 Å². The first-order chi connectivity index (χ1) is 13.0. The number of amides is 1. The summed E-state index contributed by atoms with van der Waals surface area (Å²) in [5, 5.41) is 18.4. The van der Waals surface area contributed by atoms with E-state index in [0.29, 0.717) is 11.6 Å². The summed E-state index contributed by atoms with van der Waals surface area (Å²) in [6, 6.07) is 12.9. The maximum Gasteiger partial charge on any atom is 0.246 e. The predicted octanol–water partition coefficient (Wildman–Crippen LogP) is 3.36. The zero-order valence-corrected chi connectivity index (χ0v) is 18.9. The molecular weight excluding hydrogens is 467 g/mol. The molecule has 0 saturated heterocycles.